The maximum atomic E-state index is 12.7. The van der Waals surface area contributed by atoms with Crippen LogP contribution in [0.3, 0.4) is 0 Å². The van der Waals surface area contributed by atoms with Crippen molar-refractivity contribution >= 4 is 35.3 Å². The summed E-state index contributed by atoms with van der Waals surface area (Å²) in [6, 6.07) is 7.38. The van der Waals surface area contributed by atoms with Crippen LogP contribution in [-0.4, -0.2) is 11.1 Å². The fourth-order valence-corrected chi connectivity index (χ4v) is 5.39. The highest BCUT2D eigenvalue weighted by molar-refractivity contribution is 7.98. The number of urea groups is 1. The molecule has 0 saturated carbocycles. The first-order valence-corrected chi connectivity index (χ1v) is 11.3. The highest BCUT2D eigenvalue weighted by Gasteiger charge is 2.29. The van der Waals surface area contributed by atoms with Gasteiger partial charge in [0.2, 0.25) is 0 Å². The quantitative estimate of drug-likeness (QED) is 0.566. The Morgan fingerprint density at radius 3 is 2.27 bits per heavy atom. The lowest BCUT2D eigenvalue weighted by atomic mass is 9.93. The largest absolute Gasteiger partial charge is 0.386 e. The van der Waals surface area contributed by atoms with Crippen molar-refractivity contribution in [2.24, 2.45) is 0 Å². The van der Waals surface area contributed by atoms with Crippen molar-refractivity contribution in [1.29, 1.82) is 5.26 Å². The molecule has 2 aromatic carbocycles. The third-order valence-corrected chi connectivity index (χ3v) is 6.81. The fraction of sp³-hybridized carbons (Fsp3) is 0.391. The van der Waals surface area contributed by atoms with Gasteiger partial charge in [0.1, 0.15) is 0 Å². The Labute approximate surface area is 186 Å². The van der Waals surface area contributed by atoms with E-state index in [1.165, 1.54) is 0 Å². The molecule has 0 aromatic heterocycles. The number of benzene rings is 2. The molecule has 0 spiro atoms. The van der Waals surface area contributed by atoms with Gasteiger partial charge in [0, 0.05) is 15.6 Å². The predicted octanol–water partition coefficient (Wildman–Crippen LogP) is 5.25. The van der Waals surface area contributed by atoms with Gasteiger partial charge in [-0.15, -0.1) is 0 Å². The Morgan fingerprint density at radius 2 is 1.70 bits per heavy atom. The topological polar surface area (TPSA) is 85.2 Å². The number of carbonyl (C=O) groups excluding carboxylic acids is 1. The molecule has 5 nitrogen and oxygen atoms in total. The molecule has 30 heavy (non-hydrogen) atoms. The Balaban J connectivity index is 1.54. The minimum absolute atomic E-state index is 0.308. The van der Waals surface area contributed by atoms with Gasteiger partial charge in [-0.05, 0) is 110 Å². The third kappa shape index (κ3) is 4.02. The van der Waals surface area contributed by atoms with E-state index in [0.717, 1.165) is 88.9 Å². The summed E-state index contributed by atoms with van der Waals surface area (Å²) in [5, 5.41) is 23.5. The molecule has 0 saturated heterocycles. The second-order valence-corrected chi connectivity index (χ2v) is 9.69. The zero-order valence-electron chi connectivity index (χ0n) is 17.1. The number of hydrogen-bond donors (Lipinski definition) is 3. The highest BCUT2D eigenvalue weighted by atomic mass is 35.5. The average molecular weight is 442 g/mol. The van der Waals surface area contributed by atoms with Crippen molar-refractivity contribution in [3.63, 3.8) is 0 Å². The summed E-state index contributed by atoms with van der Waals surface area (Å²) < 4.78 is 2.83. The number of nitriles is 1. The number of nitrogens with zero attached hydrogens (tertiary/aromatic N) is 1. The van der Waals surface area contributed by atoms with Crippen LogP contribution in [-0.2, 0) is 31.3 Å². The second-order valence-electron chi connectivity index (χ2n) is 8.38. The van der Waals surface area contributed by atoms with Crippen molar-refractivity contribution in [1.82, 2.24) is 4.72 Å². The zero-order chi connectivity index (χ0) is 21.5. The standard InChI is InChI=1S/C23H24ClN3O2S/c1-23(2,29)13-9-14(24)11-15(10-13)30-27-22(28)26-21-18-7-3-5-16(18)20(12-25)17-6-4-8-19(17)21/h9-11,29H,3-8H2,1-2H3,(H2,26,27,28). The molecular weight excluding hydrogens is 418 g/mol. The van der Waals surface area contributed by atoms with Crippen LogP contribution >= 0.6 is 23.5 Å². The number of nitrogens with one attached hydrogen (secondary N) is 2. The maximum Gasteiger partial charge on any atom is 0.329 e. The van der Waals surface area contributed by atoms with Crippen LogP contribution in [0, 0.1) is 11.3 Å². The molecule has 0 heterocycles. The van der Waals surface area contributed by atoms with Crippen molar-refractivity contribution in [3.8, 4) is 6.07 Å². The molecule has 0 aliphatic heterocycles. The number of hydrogen-bond acceptors (Lipinski definition) is 4. The Bertz CT molecular complexity index is 1030. The lowest BCUT2D eigenvalue weighted by molar-refractivity contribution is 0.0784. The zero-order valence-corrected chi connectivity index (χ0v) is 18.6. The average Bonchev–Trinajstić information content (AvgIpc) is 3.35. The first kappa shape index (κ1) is 21.0. The summed E-state index contributed by atoms with van der Waals surface area (Å²) in [6.07, 6.45) is 5.62. The molecule has 2 aliphatic carbocycles. The van der Waals surface area contributed by atoms with Gasteiger partial charge in [-0.25, -0.2) is 4.79 Å². The fourth-order valence-electron chi connectivity index (χ4n) is 4.46. The normalized spacial score (nSPS) is 14.8. The molecule has 0 atom stereocenters. The molecule has 156 valence electrons. The molecule has 2 amide bonds. The Kier molecular flexibility index (Phi) is 5.71. The maximum absolute atomic E-state index is 12.7. The van der Waals surface area contributed by atoms with E-state index < -0.39 is 5.60 Å². The number of halogens is 1. The number of amides is 2. The number of rotatable bonds is 4. The van der Waals surface area contributed by atoms with E-state index in [4.69, 9.17) is 11.6 Å². The summed E-state index contributed by atoms with van der Waals surface area (Å²) in [7, 11) is 0. The predicted molar refractivity (Wildman–Crippen MR) is 120 cm³/mol. The van der Waals surface area contributed by atoms with E-state index in [9.17, 15) is 15.2 Å². The first-order valence-electron chi connectivity index (χ1n) is 10.1. The van der Waals surface area contributed by atoms with Crippen LogP contribution in [0.15, 0.2) is 23.1 Å². The molecule has 7 heteroatoms. The first-order chi connectivity index (χ1) is 14.3. The van der Waals surface area contributed by atoms with E-state index in [-0.39, 0.29) is 6.03 Å². The van der Waals surface area contributed by atoms with Gasteiger partial charge in [-0.1, -0.05) is 11.6 Å². The number of fused-ring (bicyclic) bond motifs is 2. The summed E-state index contributed by atoms with van der Waals surface area (Å²) >= 11 is 7.33. The van der Waals surface area contributed by atoms with Gasteiger partial charge >= 0.3 is 6.03 Å². The van der Waals surface area contributed by atoms with Crippen LogP contribution in [0.5, 0.6) is 0 Å². The highest BCUT2D eigenvalue weighted by Crippen LogP contribution is 2.41. The van der Waals surface area contributed by atoms with Crippen molar-refractivity contribution < 1.29 is 9.90 Å². The van der Waals surface area contributed by atoms with Crippen molar-refractivity contribution in [2.75, 3.05) is 5.32 Å². The lowest BCUT2D eigenvalue weighted by Crippen LogP contribution is -2.24. The minimum Gasteiger partial charge on any atom is -0.386 e. The summed E-state index contributed by atoms with van der Waals surface area (Å²) in [5.74, 6) is 0. The SMILES string of the molecule is CC(C)(O)c1cc(Cl)cc(SNC(=O)Nc2c3c(c(C#N)c4c2CCC4)CCC3)c1. The van der Waals surface area contributed by atoms with Gasteiger partial charge in [0.25, 0.3) is 0 Å². The number of carbonyl (C=O) groups is 1. The van der Waals surface area contributed by atoms with Gasteiger partial charge in [0.05, 0.1) is 17.2 Å². The number of aliphatic hydroxyl groups is 1. The van der Waals surface area contributed by atoms with Crippen LogP contribution in [0.2, 0.25) is 5.02 Å². The van der Waals surface area contributed by atoms with Gasteiger partial charge in [-0.3, -0.25) is 4.72 Å². The van der Waals surface area contributed by atoms with E-state index in [0.29, 0.717) is 10.6 Å². The van der Waals surface area contributed by atoms with E-state index >= 15 is 0 Å². The van der Waals surface area contributed by atoms with Crippen LogP contribution in [0.4, 0.5) is 10.5 Å². The molecule has 2 aliphatic rings. The van der Waals surface area contributed by atoms with Crippen LogP contribution in [0.25, 0.3) is 0 Å². The molecule has 0 bridgehead atoms. The Morgan fingerprint density at radius 1 is 1.10 bits per heavy atom. The summed E-state index contributed by atoms with van der Waals surface area (Å²) in [4.78, 5) is 13.5. The van der Waals surface area contributed by atoms with Gasteiger partial charge in [-0.2, -0.15) is 5.26 Å². The molecule has 2 aromatic rings. The van der Waals surface area contributed by atoms with E-state index in [2.05, 4.69) is 16.1 Å². The molecule has 4 rings (SSSR count). The molecule has 0 unspecified atom stereocenters. The minimum atomic E-state index is -1.02. The van der Waals surface area contributed by atoms with Crippen LogP contribution in [0.1, 0.15) is 60.1 Å². The lowest BCUT2D eigenvalue weighted by Gasteiger charge is -2.19. The van der Waals surface area contributed by atoms with Gasteiger partial charge in [0.15, 0.2) is 0 Å². The van der Waals surface area contributed by atoms with E-state index in [1.807, 2.05) is 6.07 Å². The summed E-state index contributed by atoms with van der Waals surface area (Å²) in [6.45, 7) is 3.39. The van der Waals surface area contributed by atoms with E-state index in [1.54, 1.807) is 26.0 Å². The Hall–Kier alpha value is -2.20. The summed E-state index contributed by atoms with van der Waals surface area (Å²) in [5.41, 5.74) is 5.88. The molecule has 3 N–H and O–H groups in total. The smallest absolute Gasteiger partial charge is 0.329 e. The molecule has 0 radical (unpaired) electrons. The van der Waals surface area contributed by atoms with Crippen molar-refractivity contribution in [3.05, 3.63) is 56.6 Å². The van der Waals surface area contributed by atoms with Crippen molar-refractivity contribution in [2.45, 2.75) is 62.9 Å². The third-order valence-electron chi connectivity index (χ3n) is 5.83. The molecular formula is C23H24ClN3O2S. The van der Waals surface area contributed by atoms with Gasteiger partial charge < -0.3 is 10.4 Å². The second kappa shape index (κ2) is 8.14. The number of anilines is 1. The van der Waals surface area contributed by atoms with Crippen LogP contribution < -0.4 is 10.0 Å². The molecule has 0 fully saturated rings. The monoisotopic (exact) mass is 441 g/mol.